The van der Waals surface area contributed by atoms with Gasteiger partial charge in [-0.1, -0.05) is 17.1 Å². The first-order valence-corrected chi connectivity index (χ1v) is 9.71. The van der Waals surface area contributed by atoms with Crippen molar-refractivity contribution in [2.75, 3.05) is 26.4 Å². The van der Waals surface area contributed by atoms with E-state index in [1.807, 2.05) is 6.92 Å². The van der Waals surface area contributed by atoms with E-state index in [0.29, 0.717) is 43.0 Å². The Hall–Kier alpha value is -3.05. The number of amides is 1. The second kappa shape index (κ2) is 12.5. The van der Waals surface area contributed by atoms with Gasteiger partial charge in [-0.2, -0.15) is 0 Å². The Balaban J connectivity index is 2.05. The largest absolute Gasteiger partial charge is 0.385 e. The van der Waals surface area contributed by atoms with Gasteiger partial charge in [0, 0.05) is 48.9 Å². The van der Waals surface area contributed by atoms with Crippen LogP contribution < -0.4 is 5.32 Å². The van der Waals surface area contributed by atoms with Crippen LogP contribution in [0.4, 0.5) is 8.78 Å². The van der Waals surface area contributed by atoms with Gasteiger partial charge in [-0.25, -0.2) is 8.78 Å². The second-order valence-electron chi connectivity index (χ2n) is 6.42. The molecule has 2 rings (SSSR count). The summed E-state index contributed by atoms with van der Waals surface area (Å²) in [6.45, 7) is 3.24. The van der Waals surface area contributed by atoms with Gasteiger partial charge in [0.2, 0.25) is 6.43 Å². The van der Waals surface area contributed by atoms with Crippen LogP contribution >= 0.6 is 0 Å². The minimum Gasteiger partial charge on any atom is -0.385 e. The highest BCUT2D eigenvalue weighted by molar-refractivity contribution is 6.03. The molecule has 160 valence electrons. The lowest BCUT2D eigenvalue weighted by atomic mass is 10.0. The minimum atomic E-state index is -2.47. The highest BCUT2D eigenvalue weighted by atomic mass is 19.3. The summed E-state index contributed by atoms with van der Waals surface area (Å²) in [5, 5.41) is 7.40. The second-order valence-corrected chi connectivity index (χ2v) is 6.42. The predicted octanol–water partition coefficient (Wildman–Crippen LogP) is 3.52. The fraction of sp³-hybridized carbons (Fsp3) is 0.409. The summed E-state index contributed by atoms with van der Waals surface area (Å²) in [6, 6.07) is 7.04. The summed E-state index contributed by atoms with van der Waals surface area (Å²) in [5.74, 6) is 2.17. The summed E-state index contributed by atoms with van der Waals surface area (Å²) in [4.78, 5) is 21.2. The molecule has 0 spiro atoms. The molecule has 0 aliphatic carbocycles. The Bertz CT molecular complexity index is 910. The Labute approximate surface area is 174 Å². The molecule has 30 heavy (non-hydrogen) atoms. The molecule has 0 bridgehead atoms. The van der Waals surface area contributed by atoms with Crippen LogP contribution in [0.5, 0.6) is 0 Å². The highest BCUT2D eigenvalue weighted by Gasteiger charge is 2.12. The van der Waals surface area contributed by atoms with Crippen molar-refractivity contribution in [2.45, 2.75) is 32.6 Å². The number of nitrogens with one attached hydrogen (secondary N) is 1. The molecule has 1 N–H and O–H groups in total. The number of hydrogen-bond acceptors (Lipinski definition) is 5. The van der Waals surface area contributed by atoms with Crippen LogP contribution in [0, 0.1) is 12.3 Å². The number of alkyl halides is 2. The summed E-state index contributed by atoms with van der Waals surface area (Å²) < 4.78 is 30.7. The zero-order chi connectivity index (χ0) is 21.8. The van der Waals surface area contributed by atoms with E-state index in [1.54, 1.807) is 30.5 Å². The van der Waals surface area contributed by atoms with Crippen LogP contribution in [0.2, 0.25) is 0 Å². The van der Waals surface area contributed by atoms with Crippen LogP contribution in [-0.4, -0.2) is 49.4 Å². The fourth-order valence-electron chi connectivity index (χ4n) is 2.64. The lowest BCUT2D eigenvalue weighted by molar-refractivity contribution is -0.125. The molecule has 2 aromatic rings. The Morgan fingerprint density at radius 3 is 2.93 bits per heavy atom. The van der Waals surface area contributed by atoms with Gasteiger partial charge in [-0.3, -0.25) is 9.78 Å². The van der Waals surface area contributed by atoms with Gasteiger partial charge in [-0.05, 0) is 38.0 Å². The predicted molar refractivity (Wildman–Crippen MR) is 112 cm³/mol. The SMILES string of the molecule is C#Cc1cnc2ccc(C(CCC(F)F)=NOCC(=O)NCCCOCC)cc2c1. The van der Waals surface area contributed by atoms with Crippen LogP contribution in [0.25, 0.3) is 10.9 Å². The topological polar surface area (TPSA) is 72.8 Å². The monoisotopic (exact) mass is 417 g/mol. The van der Waals surface area contributed by atoms with Gasteiger partial charge in [0.1, 0.15) is 0 Å². The van der Waals surface area contributed by atoms with E-state index in [-0.39, 0.29) is 25.4 Å². The van der Waals surface area contributed by atoms with E-state index in [0.717, 1.165) is 10.9 Å². The van der Waals surface area contributed by atoms with E-state index in [1.165, 1.54) is 0 Å². The molecular formula is C22H25F2N3O3. The van der Waals surface area contributed by atoms with Gasteiger partial charge in [0.15, 0.2) is 6.61 Å². The van der Waals surface area contributed by atoms with Crippen LogP contribution in [0.1, 0.15) is 37.3 Å². The van der Waals surface area contributed by atoms with Crippen molar-refractivity contribution >= 4 is 22.5 Å². The zero-order valence-electron chi connectivity index (χ0n) is 16.9. The number of nitrogens with zero attached hydrogens (tertiary/aromatic N) is 2. The molecule has 0 fully saturated rings. The third kappa shape index (κ3) is 7.76. The normalized spacial score (nSPS) is 11.5. The van der Waals surface area contributed by atoms with Crippen molar-refractivity contribution in [1.29, 1.82) is 0 Å². The number of fused-ring (bicyclic) bond motifs is 1. The maximum atomic E-state index is 12.7. The number of hydrogen-bond donors (Lipinski definition) is 1. The summed E-state index contributed by atoms with van der Waals surface area (Å²) in [6.07, 6.45) is 4.85. The number of pyridine rings is 1. The number of terminal acetylenes is 1. The average molecular weight is 417 g/mol. The number of rotatable bonds is 12. The highest BCUT2D eigenvalue weighted by Crippen LogP contribution is 2.18. The third-order valence-electron chi connectivity index (χ3n) is 4.14. The van der Waals surface area contributed by atoms with Crippen molar-refractivity contribution in [2.24, 2.45) is 5.16 Å². The number of benzene rings is 1. The Kier molecular flexibility index (Phi) is 9.68. The fourth-order valence-corrected chi connectivity index (χ4v) is 2.64. The Morgan fingerprint density at radius 1 is 1.37 bits per heavy atom. The first-order valence-electron chi connectivity index (χ1n) is 9.71. The van der Waals surface area contributed by atoms with Crippen LogP contribution in [0.15, 0.2) is 35.6 Å². The van der Waals surface area contributed by atoms with Crippen molar-refractivity contribution in [3.63, 3.8) is 0 Å². The van der Waals surface area contributed by atoms with E-state index in [2.05, 4.69) is 21.4 Å². The van der Waals surface area contributed by atoms with Crippen molar-refractivity contribution in [1.82, 2.24) is 10.3 Å². The first kappa shape index (κ1) is 23.2. The summed E-state index contributed by atoms with van der Waals surface area (Å²) >= 11 is 0. The summed E-state index contributed by atoms with van der Waals surface area (Å²) in [5.41, 5.74) is 2.27. The number of halogens is 2. The number of oxime groups is 1. The first-order chi connectivity index (χ1) is 14.5. The molecule has 0 aliphatic rings. The van der Waals surface area contributed by atoms with E-state index < -0.39 is 6.43 Å². The molecule has 1 aromatic heterocycles. The van der Waals surface area contributed by atoms with Crippen molar-refractivity contribution < 1.29 is 23.1 Å². The molecule has 1 aromatic carbocycles. The molecule has 8 heteroatoms. The maximum Gasteiger partial charge on any atom is 0.260 e. The smallest absolute Gasteiger partial charge is 0.260 e. The van der Waals surface area contributed by atoms with Crippen LogP contribution in [0.3, 0.4) is 0 Å². The van der Waals surface area contributed by atoms with Gasteiger partial charge in [-0.15, -0.1) is 6.42 Å². The zero-order valence-corrected chi connectivity index (χ0v) is 16.9. The number of carbonyl (C=O) groups excluding carboxylic acids is 1. The quantitative estimate of drug-likeness (QED) is 0.248. The van der Waals surface area contributed by atoms with E-state index >= 15 is 0 Å². The molecule has 0 atom stereocenters. The van der Waals surface area contributed by atoms with Crippen molar-refractivity contribution in [3.05, 3.63) is 41.6 Å². The molecule has 0 radical (unpaired) electrons. The standard InChI is InChI=1S/C22H25F2N3O3/c1-3-16-12-18-13-17(6-7-19(18)26-14-16)20(8-9-21(23)24)27-30-15-22(28)25-10-5-11-29-4-2/h1,6-7,12-14,21H,4-5,8-11,15H2,2H3,(H,25,28). The number of aromatic nitrogens is 1. The Morgan fingerprint density at radius 2 is 2.20 bits per heavy atom. The third-order valence-corrected chi connectivity index (χ3v) is 4.14. The van der Waals surface area contributed by atoms with E-state index in [4.69, 9.17) is 16.0 Å². The van der Waals surface area contributed by atoms with Gasteiger partial charge in [0.05, 0.1) is 11.2 Å². The minimum absolute atomic E-state index is 0.00140. The number of carbonyl (C=O) groups is 1. The molecule has 6 nitrogen and oxygen atoms in total. The molecule has 1 amide bonds. The van der Waals surface area contributed by atoms with Gasteiger partial charge < -0.3 is 14.9 Å². The lowest BCUT2D eigenvalue weighted by Crippen LogP contribution is -2.28. The molecule has 0 saturated heterocycles. The molecular weight excluding hydrogens is 392 g/mol. The van der Waals surface area contributed by atoms with Crippen LogP contribution in [-0.2, 0) is 14.4 Å². The van der Waals surface area contributed by atoms with Gasteiger partial charge in [0.25, 0.3) is 5.91 Å². The van der Waals surface area contributed by atoms with E-state index in [9.17, 15) is 13.6 Å². The average Bonchev–Trinajstić information content (AvgIpc) is 2.75. The van der Waals surface area contributed by atoms with Gasteiger partial charge >= 0.3 is 0 Å². The lowest BCUT2D eigenvalue weighted by Gasteiger charge is -2.09. The number of ether oxygens (including phenoxy) is 1. The molecule has 0 aliphatic heterocycles. The van der Waals surface area contributed by atoms with Crippen molar-refractivity contribution in [3.8, 4) is 12.3 Å². The molecule has 0 unspecified atom stereocenters. The molecule has 1 heterocycles. The molecule has 0 saturated carbocycles. The summed E-state index contributed by atoms with van der Waals surface area (Å²) in [7, 11) is 0. The maximum absolute atomic E-state index is 12.7.